The highest BCUT2D eigenvalue weighted by Gasteiger charge is 2.19. The van der Waals surface area contributed by atoms with Gasteiger partial charge in [0.25, 0.3) is 0 Å². The molecule has 0 unspecified atom stereocenters. The summed E-state index contributed by atoms with van der Waals surface area (Å²) in [5, 5.41) is 0.907. The van der Waals surface area contributed by atoms with Crippen molar-refractivity contribution in [1.82, 2.24) is 0 Å². The number of carbonyl (C=O) groups is 2. The molecule has 0 fully saturated rings. The number of benzene rings is 2. The first kappa shape index (κ1) is 18.3. The van der Waals surface area contributed by atoms with Crippen LogP contribution in [0, 0.1) is 0 Å². The van der Waals surface area contributed by atoms with Gasteiger partial charge in [0, 0.05) is 15.6 Å². The maximum absolute atomic E-state index is 12.3. The molecule has 4 nitrogen and oxygen atoms in total. The lowest BCUT2D eigenvalue weighted by Gasteiger charge is -2.10. The highest BCUT2D eigenvalue weighted by atomic mass is 35.5. The van der Waals surface area contributed by atoms with Gasteiger partial charge in [-0.25, -0.2) is 9.59 Å². The van der Waals surface area contributed by atoms with Gasteiger partial charge >= 0.3 is 11.9 Å². The molecule has 0 aliphatic rings. The van der Waals surface area contributed by atoms with Crippen LogP contribution in [0.3, 0.4) is 0 Å². The zero-order chi connectivity index (χ0) is 17.5. The Bertz CT molecular complexity index is 744. The van der Waals surface area contributed by atoms with Crippen LogP contribution in [0.4, 0.5) is 0 Å². The van der Waals surface area contributed by atoms with Gasteiger partial charge in [0.2, 0.25) is 0 Å². The molecule has 0 N–H and O–H groups in total. The third-order valence-electron chi connectivity index (χ3n) is 3.18. The Kier molecular flexibility index (Phi) is 6.64. The monoisotopic (exact) mass is 366 g/mol. The summed E-state index contributed by atoms with van der Waals surface area (Å²) in [6.45, 7) is 2.17. The van der Waals surface area contributed by atoms with Gasteiger partial charge in [0.1, 0.15) is 6.61 Å². The van der Waals surface area contributed by atoms with Crippen LogP contribution in [0.5, 0.6) is 0 Å². The Morgan fingerprint density at radius 2 is 1.58 bits per heavy atom. The number of carbonyl (C=O) groups excluding carboxylic acids is 2. The molecule has 24 heavy (non-hydrogen) atoms. The van der Waals surface area contributed by atoms with Crippen LogP contribution in [0.25, 0.3) is 0 Å². The Morgan fingerprint density at radius 1 is 0.958 bits per heavy atom. The summed E-state index contributed by atoms with van der Waals surface area (Å²) in [5.41, 5.74) is 0.960. The third kappa shape index (κ3) is 4.73. The standard InChI is InChI=1S/C18H16Cl2O4/c1-2-9-23-17(21)14-5-3-4-6-15(14)18(22)24-11-12-7-8-13(19)10-16(12)20/h3-8,10H,2,9,11H2,1H3. The van der Waals surface area contributed by atoms with Gasteiger partial charge in [-0.2, -0.15) is 0 Å². The fraction of sp³-hybridized carbons (Fsp3) is 0.222. The number of hydrogen-bond acceptors (Lipinski definition) is 4. The topological polar surface area (TPSA) is 52.6 Å². The summed E-state index contributed by atoms with van der Waals surface area (Å²) in [4.78, 5) is 24.3. The number of halogens is 2. The average molecular weight is 367 g/mol. The molecule has 0 amide bonds. The highest BCUT2D eigenvalue weighted by Crippen LogP contribution is 2.22. The van der Waals surface area contributed by atoms with Crippen LogP contribution < -0.4 is 0 Å². The van der Waals surface area contributed by atoms with E-state index in [9.17, 15) is 9.59 Å². The summed E-state index contributed by atoms with van der Waals surface area (Å²) in [6, 6.07) is 11.3. The second-order valence-electron chi connectivity index (χ2n) is 4.99. The molecule has 126 valence electrons. The van der Waals surface area contributed by atoms with Crippen molar-refractivity contribution in [2.45, 2.75) is 20.0 Å². The quantitative estimate of drug-likeness (QED) is 0.681. The lowest BCUT2D eigenvalue weighted by atomic mass is 10.1. The highest BCUT2D eigenvalue weighted by molar-refractivity contribution is 6.35. The van der Waals surface area contributed by atoms with E-state index in [0.29, 0.717) is 28.6 Å². The van der Waals surface area contributed by atoms with Crippen molar-refractivity contribution in [2.24, 2.45) is 0 Å². The van der Waals surface area contributed by atoms with Gasteiger partial charge in [-0.1, -0.05) is 48.3 Å². The van der Waals surface area contributed by atoms with Crippen LogP contribution in [0.1, 0.15) is 39.6 Å². The normalized spacial score (nSPS) is 10.3. The Hall–Kier alpha value is -2.04. The fourth-order valence-corrected chi connectivity index (χ4v) is 2.43. The zero-order valence-electron chi connectivity index (χ0n) is 13.1. The van der Waals surface area contributed by atoms with E-state index >= 15 is 0 Å². The molecule has 2 aromatic carbocycles. The first-order valence-corrected chi connectivity index (χ1v) is 8.15. The molecule has 2 aromatic rings. The summed E-state index contributed by atoms with van der Waals surface area (Å²) >= 11 is 11.9. The largest absolute Gasteiger partial charge is 0.462 e. The van der Waals surface area contributed by atoms with Crippen molar-refractivity contribution in [2.75, 3.05) is 6.61 Å². The first-order chi connectivity index (χ1) is 11.5. The molecule has 2 rings (SSSR count). The summed E-state index contributed by atoms with van der Waals surface area (Å²) in [6.07, 6.45) is 0.702. The Labute approximate surface area is 150 Å². The molecule has 0 aliphatic carbocycles. The molecule has 0 radical (unpaired) electrons. The van der Waals surface area contributed by atoms with Gasteiger partial charge in [-0.3, -0.25) is 0 Å². The minimum atomic E-state index is -0.620. The van der Waals surface area contributed by atoms with Crippen molar-refractivity contribution in [3.63, 3.8) is 0 Å². The predicted octanol–water partition coefficient (Wildman–Crippen LogP) is 4.92. The van der Waals surface area contributed by atoms with Crippen LogP contribution in [0.15, 0.2) is 42.5 Å². The number of ether oxygens (including phenoxy) is 2. The molecule has 0 heterocycles. The third-order valence-corrected chi connectivity index (χ3v) is 3.76. The van der Waals surface area contributed by atoms with E-state index < -0.39 is 11.9 Å². The minimum Gasteiger partial charge on any atom is -0.462 e. The Balaban J connectivity index is 2.11. The van der Waals surface area contributed by atoms with Gasteiger partial charge < -0.3 is 9.47 Å². The zero-order valence-corrected chi connectivity index (χ0v) is 14.6. The Morgan fingerprint density at radius 3 is 2.17 bits per heavy atom. The molecule has 0 atom stereocenters. The van der Waals surface area contributed by atoms with Gasteiger partial charge in [0.05, 0.1) is 17.7 Å². The summed E-state index contributed by atoms with van der Waals surface area (Å²) < 4.78 is 10.3. The van der Waals surface area contributed by atoms with Crippen molar-refractivity contribution in [3.8, 4) is 0 Å². The summed E-state index contributed by atoms with van der Waals surface area (Å²) in [7, 11) is 0. The van der Waals surface area contributed by atoms with E-state index in [2.05, 4.69) is 0 Å². The molecular weight excluding hydrogens is 351 g/mol. The van der Waals surface area contributed by atoms with Gasteiger partial charge in [-0.05, 0) is 30.7 Å². The van der Waals surface area contributed by atoms with Crippen LogP contribution in [-0.2, 0) is 16.1 Å². The maximum Gasteiger partial charge on any atom is 0.339 e. The van der Waals surface area contributed by atoms with Crippen LogP contribution in [-0.4, -0.2) is 18.5 Å². The van der Waals surface area contributed by atoms with E-state index in [-0.39, 0.29) is 17.7 Å². The summed E-state index contributed by atoms with van der Waals surface area (Å²) in [5.74, 6) is -1.17. The van der Waals surface area contributed by atoms with Gasteiger partial charge in [-0.15, -0.1) is 0 Å². The number of hydrogen-bond donors (Lipinski definition) is 0. The minimum absolute atomic E-state index is 0.0207. The lowest BCUT2D eigenvalue weighted by molar-refractivity contribution is 0.0439. The van der Waals surface area contributed by atoms with E-state index in [1.165, 1.54) is 12.1 Å². The molecule has 0 saturated carbocycles. The second-order valence-corrected chi connectivity index (χ2v) is 5.84. The average Bonchev–Trinajstić information content (AvgIpc) is 2.58. The number of esters is 2. The molecule has 0 aliphatic heterocycles. The molecule has 0 spiro atoms. The lowest BCUT2D eigenvalue weighted by Crippen LogP contribution is -2.14. The van der Waals surface area contributed by atoms with E-state index in [0.717, 1.165) is 0 Å². The molecule has 0 saturated heterocycles. The van der Waals surface area contributed by atoms with Crippen molar-refractivity contribution in [1.29, 1.82) is 0 Å². The number of rotatable bonds is 6. The van der Waals surface area contributed by atoms with Crippen molar-refractivity contribution >= 4 is 35.1 Å². The molecular formula is C18H16Cl2O4. The van der Waals surface area contributed by atoms with Crippen molar-refractivity contribution in [3.05, 3.63) is 69.2 Å². The second kappa shape index (κ2) is 8.71. The van der Waals surface area contributed by atoms with E-state index in [4.69, 9.17) is 32.7 Å². The maximum atomic E-state index is 12.3. The van der Waals surface area contributed by atoms with Crippen molar-refractivity contribution < 1.29 is 19.1 Å². The predicted molar refractivity (Wildman–Crippen MR) is 92.6 cm³/mol. The fourth-order valence-electron chi connectivity index (χ4n) is 1.97. The van der Waals surface area contributed by atoms with E-state index in [1.54, 1.807) is 30.3 Å². The molecule has 0 aromatic heterocycles. The smallest absolute Gasteiger partial charge is 0.339 e. The molecule has 0 bridgehead atoms. The first-order valence-electron chi connectivity index (χ1n) is 7.40. The molecule has 6 heteroatoms. The van der Waals surface area contributed by atoms with Crippen LogP contribution >= 0.6 is 23.2 Å². The van der Waals surface area contributed by atoms with Gasteiger partial charge in [0.15, 0.2) is 0 Å². The van der Waals surface area contributed by atoms with Crippen LogP contribution in [0.2, 0.25) is 10.0 Å². The SMILES string of the molecule is CCCOC(=O)c1ccccc1C(=O)OCc1ccc(Cl)cc1Cl. The van der Waals surface area contributed by atoms with E-state index in [1.807, 2.05) is 6.92 Å².